The maximum atomic E-state index is 12.0. The largest absolute Gasteiger partial charge is 0.314 e. The first-order chi connectivity index (χ1) is 9.58. The molecule has 1 aliphatic rings. The van der Waals surface area contributed by atoms with Gasteiger partial charge in [-0.2, -0.15) is 0 Å². The Morgan fingerprint density at radius 1 is 1.45 bits per heavy atom. The molecule has 1 aromatic rings. The Morgan fingerprint density at radius 3 is 2.90 bits per heavy atom. The van der Waals surface area contributed by atoms with Crippen LogP contribution in [-0.4, -0.2) is 48.9 Å². The first-order valence-corrected chi connectivity index (χ1v) is 7.40. The molecule has 2 amide bonds. The van der Waals surface area contributed by atoms with Gasteiger partial charge in [0.15, 0.2) is 0 Å². The molecule has 0 aromatic heterocycles. The zero-order chi connectivity index (χ0) is 14.5. The third kappa shape index (κ3) is 3.88. The SMILES string of the molecule is CC1CNCCN1CC(=O)NC(=O)c1ccccc1Br. The number of piperazine rings is 1. The molecule has 1 heterocycles. The van der Waals surface area contributed by atoms with Crippen molar-refractivity contribution in [3.05, 3.63) is 34.3 Å². The number of rotatable bonds is 3. The Morgan fingerprint density at radius 2 is 2.20 bits per heavy atom. The number of hydrogen-bond donors (Lipinski definition) is 2. The van der Waals surface area contributed by atoms with E-state index in [9.17, 15) is 9.59 Å². The van der Waals surface area contributed by atoms with Crippen molar-refractivity contribution >= 4 is 27.7 Å². The number of benzene rings is 1. The fourth-order valence-corrected chi connectivity index (χ4v) is 2.65. The summed E-state index contributed by atoms with van der Waals surface area (Å²) in [5.74, 6) is -0.634. The first kappa shape index (κ1) is 15.2. The molecular weight excluding hydrogens is 322 g/mol. The van der Waals surface area contributed by atoms with Crippen LogP contribution in [0.25, 0.3) is 0 Å². The topological polar surface area (TPSA) is 61.4 Å². The molecule has 0 bridgehead atoms. The molecule has 0 radical (unpaired) electrons. The fourth-order valence-electron chi connectivity index (χ4n) is 2.18. The van der Waals surface area contributed by atoms with Crippen molar-refractivity contribution in [2.24, 2.45) is 0 Å². The van der Waals surface area contributed by atoms with Gasteiger partial charge in [-0.25, -0.2) is 0 Å². The van der Waals surface area contributed by atoms with E-state index in [0.717, 1.165) is 19.6 Å². The summed E-state index contributed by atoms with van der Waals surface area (Å²) in [7, 11) is 0. The van der Waals surface area contributed by atoms with Crippen LogP contribution in [0.5, 0.6) is 0 Å². The van der Waals surface area contributed by atoms with Gasteiger partial charge in [0, 0.05) is 30.1 Å². The number of nitrogens with zero attached hydrogens (tertiary/aromatic N) is 1. The molecule has 1 aliphatic heterocycles. The van der Waals surface area contributed by atoms with E-state index in [-0.39, 0.29) is 18.4 Å². The highest BCUT2D eigenvalue weighted by Crippen LogP contribution is 2.15. The van der Waals surface area contributed by atoms with Gasteiger partial charge >= 0.3 is 0 Å². The Kier molecular flexibility index (Phi) is 5.28. The summed E-state index contributed by atoms with van der Waals surface area (Å²) in [6, 6.07) is 7.35. The zero-order valence-corrected chi connectivity index (χ0v) is 12.9. The van der Waals surface area contributed by atoms with Crippen LogP contribution in [0.4, 0.5) is 0 Å². The van der Waals surface area contributed by atoms with Gasteiger partial charge in [-0.3, -0.25) is 19.8 Å². The average Bonchev–Trinajstić information content (AvgIpc) is 2.41. The summed E-state index contributed by atoms with van der Waals surface area (Å²) in [6.45, 7) is 4.87. The minimum Gasteiger partial charge on any atom is -0.314 e. The highest BCUT2D eigenvalue weighted by Gasteiger charge is 2.21. The lowest BCUT2D eigenvalue weighted by Crippen LogP contribution is -2.53. The van der Waals surface area contributed by atoms with Crippen LogP contribution in [0.3, 0.4) is 0 Å². The van der Waals surface area contributed by atoms with Gasteiger partial charge in [0.25, 0.3) is 5.91 Å². The summed E-state index contributed by atoms with van der Waals surface area (Å²) in [4.78, 5) is 26.0. The summed E-state index contributed by atoms with van der Waals surface area (Å²) >= 11 is 3.30. The van der Waals surface area contributed by atoms with Crippen LogP contribution < -0.4 is 10.6 Å². The molecule has 1 aromatic carbocycles. The van der Waals surface area contributed by atoms with Crippen molar-refractivity contribution in [1.29, 1.82) is 0 Å². The van der Waals surface area contributed by atoms with Crippen molar-refractivity contribution in [2.45, 2.75) is 13.0 Å². The molecule has 2 rings (SSSR count). The van der Waals surface area contributed by atoms with Crippen LogP contribution in [0, 0.1) is 0 Å². The fraction of sp³-hybridized carbons (Fsp3) is 0.429. The predicted octanol–water partition coefficient (Wildman–Crippen LogP) is 0.999. The summed E-state index contributed by atoms with van der Waals surface area (Å²) in [6.07, 6.45) is 0. The molecule has 6 heteroatoms. The molecule has 5 nitrogen and oxygen atoms in total. The smallest absolute Gasteiger partial charge is 0.259 e. The Labute approximate surface area is 126 Å². The van der Waals surface area contributed by atoms with Crippen molar-refractivity contribution in [2.75, 3.05) is 26.2 Å². The van der Waals surface area contributed by atoms with Gasteiger partial charge in [0.05, 0.1) is 12.1 Å². The van der Waals surface area contributed by atoms with E-state index >= 15 is 0 Å². The lowest BCUT2D eigenvalue weighted by molar-refractivity contribution is -0.121. The second-order valence-corrected chi connectivity index (χ2v) is 5.74. The van der Waals surface area contributed by atoms with Gasteiger partial charge < -0.3 is 5.32 Å². The first-order valence-electron chi connectivity index (χ1n) is 6.61. The highest BCUT2D eigenvalue weighted by molar-refractivity contribution is 9.10. The molecular formula is C14H18BrN3O2. The third-order valence-electron chi connectivity index (χ3n) is 3.36. The zero-order valence-electron chi connectivity index (χ0n) is 11.4. The number of nitrogens with one attached hydrogen (secondary N) is 2. The van der Waals surface area contributed by atoms with Crippen LogP contribution in [0.15, 0.2) is 28.7 Å². The molecule has 20 heavy (non-hydrogen) atoms. The quantitative estimate of drug-likeness (QED) is 0.862. The maximum Gasteiger partial charge on any atom is 0.259 e. The van der Waals surface area contributed by atoms with Gasteiger partial charge in [-0.1, -0.05) is 12.1 Å². The number of hydrogen-bond acceptors (Lipinski definition) is 4. The molecule has 0 spiro atoms. The lowest BCUT2D eigenvalue weighted by atomic mass is 10.2. The molecule has 1 fully saturated rings. The van der Waals surface area contributed by atoms with E-state index in [1.54, 1.807) is 18.2 Å². The molecule has 1 saturated heterocycles. The standard InChI is InChI=1S/C14H18BrN3O2/c1-10-8-16-6-7-18(10)9-13(19)17-14(20)11-4-2-3-5-12(11)15/h2-5,10,16H,6-9H2,1H3,(H,17,19,20). The Hall–Kier alpha value is -1.24. The summed E-state index contributed by atoms with van der Waals surface area (Å²) in [5, 5.41) is 5.70. The van der Waals surface area contributed by atoms with Crippen LogP contribution in [0.1, 0.15) is 17.3 Å². The normalized spacial score (nSPS) is 19.6. The van der Waals surface area contributed by atoms with Crippen LogP contribution >= 0.6 is 15.9 Å². The van der Waals surface area contributed by atoms with Crippen LogP contribution in [0.2, 0.25) is 0 Å². The molecule has 1 atom stereocenters. The monoisotopic (exact) mass is 339 g/mol. The van der Waals surface area contributed by atoms with Gasteiger partial charge in [0.1, 0.15) is 0 Å². The summed E-state index contributed by atoms with van der Waals surface area (Å²) < 4.78 is 0.681. The molecule has 2 N–H and O–H groups in total. The Bertz CT molecular complexity index is 507. The van der Waals surface area contributed by atoms with E-state index in [0.29, 0.717) is 16.1 Å². The number of carbonyl (C=O) groups excluding carboxylic acids is 2. The predicted molar refractivity (Wildman–Crippen MR) is 80.5 cm³/mol. The Balaban J connectivity index is 1.91. The van der Waals surface area contributed by atoms with E-state index in [1.807, 2.05) is 6.07 Å². The minimum atomic E-state index is -0.370. The van der Waals surface area contributed by atoms with Gasteiger partial charge in [-0.15, -0.1) is 0 Å². The number of amides is 2. The number of imide groups is 1. The second-order valence-electron chi connectivity index (χ2n) is 4.88. The van der Waals surface area contributed by atoms with Crippen molar-refractivity contribution in [1.82, 2.24) is 15.5 Å². The molecule has 1 unspecified atom stereocenters. The van der Waals surface area contributed by atoms with E-state index in [2.05, 4.69) is 38.4 Å². The number of halogens is 1. The molecule has 0 saturated carbocycles. The van der Waals surface area contributed by atoms with Crippen LogP contribution in [-0.2, 0) is 4.79 Å². The second kappa shape index (κ2) is 6.97. The summed E-state index contributed by atoms with van der Waals surface area (Å²) in [5.41, 5.74) is 0.467. The highest BCUT2D eigenvalue weighted by atomic mass is 79.9. The lowest BCUT2D eigenvalue weighted by Gasteiger charge is -2.33. The molecule has 0 aliphatic carbocycles. The van der Waals surface area contributed by atoms with Crippen molar-refractivity contribution in [3.63, 3.8) is 0 Å². The van der Waals surface area contributed by atoms with Crippen molar-refractivity contribution < 1.29 is 9.59 Å². The maximum absolute atomic E-state index is 12.0. The van der Waals surface area contributed by atoms with E-state index < -0.39 is 0 Å². The van der Waals surface area contributed by atoms with Gasteiger partial charge in [0.2, 0.25) is 5.91 Å². The van der Waals surface area contributed by atoms with Crippen molar-refractivity contribution in [3.8, 4) is 0 Å². The van der Waals surface area contributed by atoms with E-state index in [1.165, 1.54) is 0 Å². The molecule has 108 valence electrons. The third-order valence-corrected chi connectivity index (χ3v) is 4.05. The minimum absolute atomic E-state index is 0.249. The van der Waals surface area contributed by atoms with Gasteiger partial charge in [-0.05, 0) is 35.0 Å². The average molecular weight is 340 g/mol. The van der Waals surface area contributed by atoms with E-state index in [4.69, 9.17) is 0 Å². The number of carbonyl (C=O) groups is 2.